The quantitative estimate of drug-likeness (QED) is 0.591. The Labute approximate surface area is 130 Å². The van der Waals surface area contributed by atoms with E-state index in [9.17, 15) is 14.7 Å². The number of hydrogen-bond acceptors (Lipinski definition) is 5. The highest BCUT2D eigenvalue weighted by atomic mass is 16.5. The van der Waals surface area contributed by atoms with Gasteiger partial charge in [0.1, 0.15) is 18.1 Å². The van der Waals surface area contributed by atoms with Crippen molar-refractivity contribution < 1.29 is 24.2 Å². The van der Waals surface area contributed by atoms with Gasteiger partial charge in [-0.05, 0) is 36.2 Å². The molecule has 3 rings (SSSR count). The molecule has 3 aliphatic rings. The summed E-state index contributed by atoms with van der Waals surface area (Å²) in [5.74, 6) is -0.653. The highest BCUT2D eigenvalue weighted by molar-refractivity contribution is 5.85. The molecule has 5 heteroatoms. The van der Waals surface area contributed by atoms with Crippen LogP contribution in [0.4, 0.5) is 0 Å². The molecule has 1 N–H and O–H groups in total. The average Bonchev–Trinajstić information content (AvgIpc) is 2.85. The summed E-state index contributed by atoms with van der Waals surface area (Å²) in [5, 5.41) is 11.0. The molecule has 3 fully saturated rings. The van der Waals surface area contributed by atoms with Gasteiger partial charge in [0.05, 0.1) is 6.10 Å². The van der Waals surface area contributed by atoms with Gasteiger partial charge < -0.3 is 14.6 Å². The Morgan fingerprint density at radius 2 is 2.14 bits per heavy atom. The fourth-order valence-corrected chi connectivity index (χ4v) is 4.97. The number of esters is 2. The maximum absolute atomic E-state index is 12.4. The Kier molecular flexibility index (Phi) is 3.40. The SMILES string of the molecule is C=C1COC(=O)[C@]12C[C@@]1(C)[C@@H]([C@@H](OC(C)=O)CC[C@@H]1C)[C@H]2O. The van der Waals surface area contributed by atoms with E-state index in [1.165, 1.54) is 6.92 Å². The first-order valence-electron chi connectivity index (χ1n) is 7.94. The summed E-state index contributed by atoms with van der Waals surface area (Å²) in [6.45, 7) is 9.77. The van der Waals surface area contributed by atoms with Gasteiger partial charge in [0.25, 0.3) is 0 Å². The molecule has 0 unspecified atom stereocenters. The molecule has 6 atom stereocenters. The third-order valence-corrected chi connectivity index (χ3v) is 6.37. The van der Waals surface area contributed by atoms with Crippen molar-refractivity contribution in [2.75, 3.05) is 6.61 Å². The fraction of sp³-hybridized carbons (Fsp3) is 0.765. The van der Waals surface area contributed by atoms with E-state index >= 15 is 0 Å². The van der Waals surface area contributed by atoms with Crippen LogP contribution in [0.25, 0.3) is 0 Å². The summed E-state index contributed by atoms with van der Waals surface area (Å²) < 4.78 is 10.7. The van der Waals surface area contributed by atoms with Crippen LogP contribution in [0, 0.1) is 22.7 Å². The van der Waals surface area contributed by atoms with E-state index in [0.717, 1.165) is 12.8 Å². The molecule has 0 aromatic rings. The van der Waals surface area contributed by atoms with E-state index in [0.29, 0.717) is 17.9 Å². The van der Waals surface area contributed by atoms with Crippen molar-refractivity contribution in [2.45, 2.75) is 52.2 Å². The molecule has 2 aliphatic carbocycles. The number of aliphatic hydroxyl groups excluding tert-OH is 1. The van der Waals surface area contributed by atoms with E-state index in [4.69, 9.17) is 9.47 Å². The van der Waals surface area contributed by atoms with Gasteiger partial charge in [-0.25, -0.2) is 0 Å². The van der Waals surface area contributed by atoms with Crippen LogP contribution in [0.2, 0.25) is 0 Å². The molecule has 0 radical (unpaired) electrons. The Bertz CT molecular complexity index is 523. The molecule has 5 nitrogen and oxygen atoms in total. The maximum atomic E-state index is 12.4. The molecule has 1 heterocycles. The summed E-state index contributed by atoms with van der Waals surface area (Å²) in [6, 6.07) is 0. The lowest BCUT2D eigenvalue weighted by Gasteiger charge is -2.46. The van der Waals surface area contributed by atoms with Crippen LogP contribution in [0.1, 0.15) is 40.0 Å². The molecule has 0 amide bonds. The van der Waals surface area contributed by atoms with E-state index in [-0.39, 0.29) is 36.0 Å². The zero-order chi connectivity index (χ0) is 16.3. The number of ether oxygens (including phenoxy) is 2. The highest BCUT2D eigenvalue weighted by Gasteiger charge is 2.70. The minimum Gasteiger partial charge on any atom is -0.462 e. The van der Waals surface area contributed by atoms with Gasteiger partial charge in [0.15, 0.2) is 0 Å². The van der Waals surface area contributed by atoms with Gasteiger partial charge >= 0.3 is 11.9 Å². The predicted octanol–water partition coefficient (Wildman–Crippen LogP) is 1.83. The molecular formula is C17H24O5. The van der Waals surface area contributed by atoms with Gasteiger partial charge in [-0.1, -0.05) is 20.4 Å². The van der Waals surface area contributed by atoms with Crippen LogP contribution >= 0.6 is 0 Å². The lowest BCUT2D eigenvalue weighted by Crippen LogP contribution is -2.48. The number of hydrogen-bond donors (Lipinski definition) is 1. The maximum Gasteiger partial charge on any atom is 0.319 e. The summed E-state index contributed by atoms with van der Waals surface area (Å²) in [5.41, 5.74) is -0.657. The van der Waals surface area contributed by atoms with Gasteiger partial charge in [-0.2, -0.15) is 0 Å². The molecule has 0 aromatic heterocycles. The Balaban J connectivity index is 2.04. The lowest BCUT2D eigenvalue weighted by atomic mass is 9.61. The Hall–Kier alpha value is -1.36. The monoisotopic (exact) mass is 308 g/mol. The van der Waals surface area contributed by atoms with Crippen molar-refractivity contribution in [2.24, 2.45) is 22.7 Å². The van der Waals surface area contributed by atoms with Crippen LogP contribution in [0.5, 0.6) is 0 Å². The molecule has 0 bridgehead atoms. The molecular weight excluding hydrogens is 284 g/mol. The Morgan fingerprint density at radius 1 is 1.45 bits per heavy atom. The summed E-state index contributed by atoms with van der Waals surface area (Å²) in [6.07, 6.45) is 0.884. The number of carbonyl (C=O) groups is 2. The van der Waals surface area contributed by atoms with Crippen molar-refractivity contribution in [3.63, 3.8) is 0 Å². The second-order valence-corrected chi connectivity index (χ2v) is 7.43. The molecule has 1 aliphatic heterocycles. The molecule has 122 valence electrons. The number of fused-ring (bicyclic) bond motifs is 1. The largest absolute Gasteiger partial charge is 0.462 e. The second-order valence-electron chi connectivity index (χ2n) is 7.43. The van der Waals surface area contributed by atoms with E-state index in [1.54, 1.807) is 0 Å². The van der Waals surface area contributed by atoms with Gasteiger partial charge in [-0.15, -0.1) is 0 Å². The molecule has 2 saturated carbocycles. The normalized spacial score (nSPS) is 47.5. The molecule has 22 heavy (non-hydrogen) atoms. The van der Waals surface area contributed by atoms with Gasteiger partial charge in [0, 0.05) is 12.8 Å². The molecule has 0 aromatic carbocycles. The minimum absolute atomic E-state index is 0.172. The molecule has 1 saturated heterocycles. The number of rotatable bonds is 1. The van der Waals surface area contributed by atoms with Crippen LogP contribution in [0.3, 0.4) is 0 Å². The molecule has 1 spiro atoms. The van der Waals surface area contributed by atoms with Gasteiger partial charge in [-0.3, -0.25) is 9.59 Å². The van der Waals surface area contributed by atoms with Crippen molar-refractivity contribution in [1.82, 2.24) is 0 Å². The fourth-order valence-electron chi connectivity index (χ4n) is 4.97. The van der Waals surface area contributed by atoms with Crippen molar-refractivity contribution in [1.29, 1.82) is 0 Å². The van der Waals surface area contributed by atoms with Crippen LogP contribution < -0.4 is 0 Å². The van der Waals surface area contributed by atoms with E-state index < -0.39 is 11.5 Å². The number of cyclic esters (lactones) is 1. The summed E-state index contributed by atoms with van der Waals surface area (Å²) >= 11 is 0. The smallest absolute Gasteiger partial charge is 0.319 e. The van der Waals surface area contributed by atoms with E-state index in [2.05, 4.69) is 20.4 Å². The van der Waals surface area contributed by atoms with Gasteiger partial charge in [0.2, 0.25) is 0 Å². The first-order chi connectivity index (χ1) is 10.2. The average molecular weight is 308 g/mol. The van der Waals surface area contributed by atoms with Crippen LogP contribution in [0.15, 0.2) is 12.2 Å². The second kappa shape index (κ2) is 4.82. The highest BCUT2D eigenvalue weighted by Crippen LogP contribution is 2.65. The third-order valence-electron chi connectivity index (χ3n) is 6.37. The lowest BCUT2D eigenvalue weighted by molar-refractivity contribution is -0.162. The first-order valence-corrected chi connectivity index (χ1v) is 7.94. The number of aliphatic hydroxyl groups is 1. The van der Waals surface area contributed by atoms with E-state index in [1.807, 2.05) is 0 Å². The summed E-state index contributed by atoms with van der Waals surface area (Å²) in [7, 11) is 0. The Morgan fingerprint density at radius 3 is 2.68 bits per heavy atom. The van der Waals surface area contributed by atoms with Crippen LogP contribution in [-0.2, 0) is 19.1 Å². The van der Waals surface area contributed by atoms with Crippen LogP contribution in [-0.4, -0.2) is 35.9 Å². The standard InChI is InChI=1S/C17H24O5/c1-9-5-6-12(22-11(3)18)13-14(19)17(8-16(9,13)4)10(2)7-21-15(17)20/h9,12-14,19H,2,5-8H2,1,3-4H3/t9-,12-,13-,14+,16+,17+/m0/s1. The zero-order valence-electron chi connectivity index (χ0n) is 13.4. The van der Waals surface area contributed by atoms with Crippen molar-refractivity contribution in [3.05, 3.63) is 12.2 Å². The van der Waals surface area contributed by atoms with Crippen molar-refractivity contribution in [3.8, 4) is 0 Å². The third kappa shape index (κ3) is 1.81. The summed E-state index contributed by atoms with van der Waals surface area (Å²) in [4.78, 5) is 23.8. The minimum atomic E-state index is -1.03. The predicted molar refractivity (Wildman–Crippen MR) is 78.7 cm³/mol. The van der Waals surface area contributed by atoms with Crippen molar-refractivity contribution >= 4 is 11.9 Å². The number of carbonyl (C=O) groups excluding carboxylic acids is 2. The zero-order valence-corrected chi connectivity index (χ0v) is 13.4. The first kappa shape index (κ1) is 15.5. The topological polar surface area (TPSA) is 72.8 Å².